The highest BCUT2D eigenvalue weighted by Crippen LogP contribution is 2.37. The Bertz CT molecular complexity index is 331. The normalized spacial score (nSPS) is 19.0. The standard InChI is InChI=1S/C11H18N4/c1-11(4-2-3-5-11)7-13-10-6-9(12)14-8-15-10/h6,8H,2-5,7H2,1H3,(H3,12,13,14,15). The van der Waals surface area contributed by atoms with Crippen LogP contribution >= 0.6 is 0 Å². The maximum Gasteiger partial charge on any atom is 0.131 e. The molecule has 3 N–H and O–H groups in total. The Morgan fingerprint density at radius 1 is 1.40 bits per heavy atom. The first kappa shape index (κ1) is 10.2. The summed E-state index contributed by atoms with van der Waals surface area (Å²) >= 11 is 0. The Balaban J connectivity index is 1.92. The molecule has 0 aromatic carbocycles. The Morgan fingerprint density at radius 3 is 2.80 bits per heavy atom. The van der Waals surface area contributed by atoms with Crippen molar-refractivity contribution in [2.24, 2.45) is 5.41 Å². The van der Waals surface area contributed by atoms with Crippen LogP contribution in [0.1, 0.15) is 32.6 Å². The van der Waals surface area contributed by atoms with E-state index in [1.54, 1.807) is 6.07 Å². The molecule has 1 aromatic heterocycles. The van der Waals surface area contributed by atoms with Crippen LogP contribution in [-0.4, -0.2) is 16.5 Å². The highest BCUT2D eigenvalue weighted by molar-refractivity contribution is 5.43. The lowest BCUT2D eigenvalue weighted by molar-refractivity contribution is 0.361. The predicted octanol–water partition coefficient (Wildman–Crippen LogP) is 2.05. The van der Waals surface area contributed by atoms with Gasteiger partial charge in [0.2, 0.25) is 0 Å². The number of nitrogens with zero attached hydrogens (tertiary/aromatic N) is 2. The molecule has 0 unspecified atom stereocenters. The summed E-state index contributed by atoms with van der Waals surface area (Å²) < 4.78 is 0. The van der Waals surface area contributed by atoms with Crippen LogP contribution < -0.4 is 11.1 Å². The summed E-state index contributed by atoms with van der Waals surface area (Å²) in [7, 11) is 0. The molecule has 0 atom stereocenters. The van der Waals surface area contributed by atoms with E-state index in [0.29, 0.717) is 11.2 Å². The number of hydrogen-bond donors (Lipinski definition) is 2. The van der Waals surface area contributed by atoms with Crippen LogP contribution in [0.2, 0.25) is 0 Å². The summed E-state index contributed by atoms with van der Waals surface area (Å²) in [5.41, 5.74) is 6.01. The minimum atomic E-state index is 0.430. The van der Waals surface area contributed by atoms with Gasteiger partial charge < -0.3 is 11.1 Å². The molecule has 1 aromatic rings. The fraction of sp³-hybridized carbons (Fsp3) is 0.636. The Kier molecular flexibility index (Phi) is 2.75. The van der Waals surface area contributed by atoms with Crippen molar-refractivity contribution in [1.82, 2.24) is 9.97 Å². The first-order chi connectivity index (χ1) is 7.18. The van der Waals surface area contributed by atoms with Gasteiger partial charge in [-0.3, -0.25) is 0 Å². The maximum absolute atomic E-state index is 5.58. The third kappa shape index (κ3) is 2.58. The van der Waals surface area contributed by atoms with E-state index < -0.39 is 0 Å². The number of nitrogen functional groups attached to an aromatic ring is 1. The largest absolute Gasteiger partial charge is 0.384 e. The third-order valence-electron chi connectivity index (χ3n) is 3.20. The molecule has 0 aliphatic heterocycles. The Labute approximate surface area is 90.3 Å². The minimum absolute atomic E-state index is 0.430. The van der Waals surface area contributed by atoms with Gasteiger partial charge in [0.15, 0.2) is 0 Å². The zero-order chi connectivity index (χ0) is 10.7. The van der Waals surface area contributed by atoms with E-state index >= 15 is 0 Å². The SMILES string of the molecule is CC1(CNc2cc(N)ncn2)CCCC1. The van der Waals surface area contributed by atoms with Gasteiger partial charge in [0.05, 0.1) is 0 Å². The summed E-state index contributed by atoms with van der Waals surface area (Å²) in [6.45, 7) is 3.31. The number of aromatic nitrogens is 2. The smallest absolute Gasteiger partial charge is 0.131 e. The fourth-order valence-corrected chi connectivity index (χ4v) is 2.18. The second kappa shape index (κ2) is 4.04. The summed E-state index contributed by atoms with van der Waals surface area (Å²) in [5, 5.41) is 3.34. The van der Waals surface area contributed by atoms with Gasteiger partial charge in [0.25, 0.3) is 0 Å². The molecular formula is C11H18N4. The Morgan fingerprint density at radius 2 is 2.13 bits per heavy atom. The first-order valence-electron chi connectivity index (χ1n) is 5.49. The number of anilines is 2. The lowest BCUT2D eigenvalue weighted by Crippen LogP contribution is -2.23. The number of hydrogen-bond acceptors (Lipinski definition) is 4. The first-order valence-corrected chi connectivity index (χ1v) is 5.49. The van der Waals surface area contributed by atoms with E-state index in [2.05, 4.69) is 22.2 Å². The van der Waals surface area contributed by atoms with Crippen molar-refractivity contribution in [2.75, 3.05) is 17.6 Å². The summed E-state index contributed by atoms with van der Waals surface area (Å²) in [4.78, 5) is 7.99. The molecule has 2 rings (SSSR count). The lowest BCUT2D eigenvalue weighted by atomic mass is 9.89. The van der Waals surface area contributed by atoms with Gasteiger partial charge in [-0.25, -0.2) is 9.97 Å². The monoisotopic (exact) mass is 206 g/mol. The molecule has 1 aliphatic rings. The average molecular weight is 206 g/mol. The van der Waals surface area contributed by atoms with Crippen LogP contribution in [0, 0.1) is 5.41 Å². The molecule has 0 saturated heterocycles. The summed E-state index contributed by atoms with van der Waals surface area (Å²) in [6.07, 6.45) is 6.81. The number of nitrogens with two attached hydrogens (primary N) is 1. The van der Waals surface area contributed by atoms with Crippen molar-refractivity contribution in [1.29, 1.82) is 0 Å². The van der Waals surface area contributed by atoms with Crippen LogP contribution in [-0.2, 0) is 0 Å². The summed E-state index contributed by atoms with van der Waals surface area (Å²) in [6, 6.07) is 1.78. The molecule has 15 heavy (non-hydrogen) atoms. The number of nitrogens with one attached hydrogen (secondary N) is 1. The van der Waals surface area contributed by atoms with Crippen LogP contribution in [0.3, 0.4) is 0 Å². The summed E-state index contributed by atoms with van der Waals surface area (Å²) in [5.74, 6) is 1.35. The topological polar surface area (TPSA) is 63.8 Å². The van der Waals surface area contributed by atoms with Gasteiger partial charge >= 0.3 is 0 Å². The molecule has 4 heteroatoms. The molecule has 4 nitrogen and oxygen atoms in total. The van der Waals surface area contributed by atoms with Gasteiger partial charge in [-0.2, -0.15) is 0 Å². The molecule has 0 bridgehead atoms. The van der Waals surface area contributed by atoms with Gasteiger partial charge in [-0.05, 0) is 18.3 Å². The van der Waals surface area contributed by atoms with Gasteiger partial charge in [-0.1, -0.05) is 19.8 Å². The minimum Gasteiger partial charge on any atom is -0.384 e. The zero-order valence-electron chi connectivity index (χ0n) is 9.16. The third-order valence-corrected chi connectivity index (χ3v) is 3.20. The molecule has 1 fully saturated rings. The van der Waals surface area contributed by atoms with Gasteiger partial charge in [0, 0.05) is 12.6 Å². The lowest BCUT2D eigenvalue weighted by Gasteiger charge is -2.23. The highest BCUT2D eigenvalue weighted by atomic mass is 15.0. The fourth-order valence-electron chi connectivity index (χ4n) is 2.18. The van der Waals surface area contributed by atoms with Crippen molar-refractivity contribution in [2.45, 2.75) is 32.6 Å². The van der Waals surface area contributed by atoms with Crippen LogP contribution in [0.5, 0.6) is 0 Å². The molecule has 0 amide bonds. The molecule has 1 heterocycles. The van der Waals surface area contributed by atoms with Crippen molar-refractivity contribution < 1.29 is 0 Å². The zero-order valence-corrected chi connectivity index (χ0v) is 9.16. The predicted molar refractivity (Wildman–Crippen MR) is 61.5 cm³/mol. The van der Waals surface area contributed by atoms with Crippen LogP contribution in [0.15, 0.2) is 12.4 Å². The van der Waals surface area contributed by atoms with E-state index in [4.69, 9.17) is 5.73 Å². The second-order valence-corrected chi connectivity index (χ2v) is 4.70. The van der Waals surface area contributed by atoms with E-state index in [0.717, 1.165) is 12.4 Å². The molecule has 0 spiro atoms. The highest BCUT2D eigenvalue weighted by Gasteiger charge is 2.28. The van der Waals surface area contributed by atoms with Gasteiger partial charge in [-0.15, -0.1) is 0 Å². The van der Waals surface area contributed by atoms with Crippen molar-refractivity contribution >= 4 is 11.6 Å². The molecule has 0 radical (unpaired) electrons. The molecule has 1 saturated carbocycles. The average Bonchev–Trinajstić information content (AvgIpc) is 2.63. The van der Waals surface area contributed by atoms with Gasteiger partial charge in [0.1, 0.15) is 18.0 Å². The van der Waals surface area contributed by atoms with Crippen molar-refractivity contribution in [3.63, 3.8) is 0 Å². The maximum atomic E-state index is 5.58. The van der Waals surface area contributed by atoms with Crippen LogP contribution in [0.25, 0.3) is 0 Å². The quantitative estimate of drug-likeness (QED) is 0.794. The van der Waals surface area contributed by atoms with Crippen molar-refractivity contribution in [3.05, 3.63) is 12.4 Å². The van der Waals surface area contributed by atoms with Crippen molar-refractivity contribution in [3.8, 4) is 0 Å². The second-order valence-electron chi connectivity index (χ2n) is 4.70. The number of rotatable bonds is 3. The van der Waals surface area contributed by atoms with E-state index in [1.807, 2.05) is 0 Å². The molecular weight excluding hydrogens is 188 g/mol. The Hall–Kier alpha value is -1.32. The van der Waals surface area contributed by atoms with E-state index in [1.165, 1.54) is 32.0 Å². The molecule has 1 aliphatic carbocycles. The van der Waals surface area contributed by atoms with E-state index in [-0.39, 0.29) is 0 Å². The molecule has 82 valence electrons. The van der Waals surface area contributed by atoms with E-state index in [9.17, 15) is 0 Å². The van der Waals surface area contributed by atoms with Crippen LogP contribution in [0.4, 0.5) is 11.6 Å².